The molecule has 0 radical (unpaired) electrons. The first-order chi connectivity index (χ1) is 9.76. The van der Waals surface area contributed by atoms with E-state index in [4.69, 9.17) is 4.74 Å². The van der Waals surface area contributed by atoms with E-state index in [1.165, 1.54) is 4.90 Å². The van der Waals surface area contributed by atoms with Gasteiger partial charge in [-0.2, -0.15) is 13.2 Å². The van der Waals surface area contributed by atoms with E-state index in [9.17, 15) is 13.2 Å². The molecule has 1 aliphatic carbocycles. The van der Waals surface area contributed by atoms with E-state index < -0.39 is 12.7 Å². The lowest BCUT2D eigenvalue weighted by molar-refractivity contribution is -0.146. The smallest absolute Gasteiger partial charge is 0.383 e. The van der Waals surface area contributed by atoms with Crippen LogP contribution in [0.1, 0.15) is 32.6 Å². The van der Waals surface area contributed by atoms with Gasteiger partial charge in [-0.3, -0.25) is 4.90 Å². The van der Waals surface area contributed by atoms with Crippen LogP contribution < -0.4 is 5.32 Å². The molecule has 3 nitrogen and oxygen atoms in total. The third-order valence-corrected chi connectivity index (χ3v) is 4.37. The zero-order valence-electron chi connectivity index (χ0n) is 13.4. The number of methoxy groups -OCH3 is 1. The Morgan fingerprint density at radius 2 is 1.90 bits per heavy atom. The van der Waals surface area contributed by atoms with Crippen molar-refractivity contribution in [2.75, 3.05) is 46.9 Å². The molecule has 0 atom stereocenters. The molecule has 0 aromatic heterocycles. The molecule has 0 amide bonds. The molecule has 0 aliphatic heterocycles. The maximum absolute atomic E-state index is 12.5. The van der Waals surface area contributed by atoms with Crippen LogP contribution in [0, 0.1) is 11.3 Å². The van der Waals surface area contributed by atoms with Gasteiger partial charge in [0, 0.05) is 26.7 Å². The molecule has 6 heteroatoms. The number of alkyl halides is 3. The monoisotopic (exact) mass is 310 g/mol. The van der Waals surface area contributed by atoms with Crippen LogP contribution in [-0.2, 0) is 4.74 Å². The van der Waals surface area contributed by atoms with Crippen molar-refractivity contribution in [3.8, 4) is 0 Å². The third-order valence-electron chi connectivity index (χ3n) is 4.37. The van der Waals surface area contributed by atoms with Gasteiger partial charge in [0.1, 0.15) is 0 Å². The Bertz CT molecular complexity index is 289. The van der Waals surface area contributed by atoms with Gasteiger partial charge in [0.15, 0.2) is 0 Å². The summed E-state index contributed by atoms with van der Waals surface area (Å²) < 4.78 is 42.6. The van der Waals surface area contributed by atoms with Gasteiger partial charge < -0.3 is 10.1 Å². The first kappa shape index (κ1) is 18.7. The molecule has 0 unspecified atom stereocenters. The SMILES string of the molecule is COCCNCC1(CN(C)CC(F)(F)F)CCC(C)CC1. The average Bonchev–Trinajstić information content (AvgIpc) is 2.36. The van der Waals surface area contributed by atoms with Gasteiger partial charge in [0.05, 0.1) is 13.2 Å². The van der Waals surface area contributed by atoms with Crippen LogP contribution >= 0.6 is 0 Å². The normalized spacial score (nSPS) is 27.3. The van der Waals surface area contributed by atoms with Crippen LogP contribution in [0.4, 0.5) is 13.2 Å². The first-order valence-electron chi connectivity index (χ1n) is 7.71. The van der Waals surface area contributed by atoms with Crippen molar-refractivity contribution in [3.63, 3.8) is 0 Å². The molecule has 1 fully saturated rings. The lowest BCUT2D eigenvalue weighted by Gasteiger charge is -2.42. The molecule has 0 spiro atoms. The van der Waals surface area contributed by atoms with Gasteiger partial charge in [0.25, 0.3) is 0 Å². The fourth-order valence-corrected chi connectivity index (χ4v) is 3.23. The summed E-state index contributed by atoms with van der Waals surface area (Å²) in [5.74, 6) is 0.685. The fraction of sp³-hybridized carbons (Fsp3) is 1.00. The lowest BCUT2D eigenvalue weighted by Crippen LogP contribution is -2.47. The molecule has 0 aromatic rings. The summed E-state index contributed by atoms with van der Waals surface area (Å²) in [6.45, 7) is 4.04. The molecule has 0 aromatic carbocycles. The second-order valence-corrected chi connectivity index (χ2v) is 6.64. The number of nitrogens with one attached hydrogen (secondary N) is 1. The van der Waals surface area contributed by atoms with Gasteiger partial charge >= 0.3 is 6.18 Å². The van der Waals surface area contributed by atoms with Crippen LogP contribution in [-0.4, -0.2) is 58.0 Å². The van der Waals surface area contributed by atoms with Crippen LogP contribution in [0.5, 0.6) is 0 Å². The Kier molecular flexibility index (Phi) is 7.44. The van der Waals surface area contributed by atoms with E-state index in [0.717, 1.165) is 38.8 Å². The summed E-state index contributed by atoms with van der Waals surface area (Å²) in [4.78, 5) is 1.42. The molecule has 0 bridgehead atoms. The van der Waals surface area contributed by atoms with Crippen molar-refractivity contribution in [2.24, 2.45) is 11.3 Å². The zero-order chi connectivity index (χ0) is 15.9. The van der Waals surface area contributed by atoms with E-state index in [-0.39, 0.29) is 5.41 Å². The number of rotatable bonds is 8. The molecular weight excluding hydrogens is 281 g/mol. The highest BCUT2D eigenvalue weighted by molar-refractivity contribution is 4.89. The van der Waals surface area contributed by atoms with Crippen molar-refractivity contribution in [1.82, 2.24) is 10.2 Å². The highest BCUT2D eigenvalue weighted by atomic mass is 19.4. The van der Waals surface area contributed by atoms with E-state index in [1.54, 1.807) is 14.2 Å². The number of hydrogen-bond donors (Lipinski definition) is 1. The minimum Gasteiger partial charge on any atom is -0.383 e. The average molecular weight is 310 g/mol. The Balaban J connectivity index is 2.55. The van der Waals surface area contributed by atoms with E-state index in [2.05, 4.69) is 12.2 Å². The summed E-state index contributed by atoms with van der Waals surface area (Å²) in [5.41, 5.74) is -0.0414. The summed E-state index contributed by atoms with van der Waals surface area (Å²) in [6.07, 6.45) is 0.0751. The molecule has 1 N–H and O–H groups in total. The number of hydrogen-bond acceptors (Lipinski definition) is 3. The first-order valence-corrected chi connectivity index (χ1v) is 7.71. The Hall–Kier alpha value is -0.330. The predicted octanol–water partition coefficient (Wildman–Crippen LogP) is 2.91. The summed E-state index contributed by atoms with van der Waals surface area (Å²) >= 11 is 0. The topological polar surface area (TPSA) is 24.5 Å². The Morgan fingerprint density at radius 3 is 2.43 bits per heavy atom. The fourth-order valence-electron chi connectivity index (χ4n) is 3.23. The minimum atomic E-state index is -4.12. The molecule has 0 saturated heterocycles. The summed E-state index contributed by atoms with van der Waals surface area (Å²) in [7, 11) is 3.22. The van der Waals surface area contributed by atoms with Gasteiger partial charge in [0.2, 0.25) is 0 Å². The second-order valence-electron chi connectivity index (χ2n) is 6.64. The predicted molar refractivity (Wildman–Crippen MR) is 78.4 cm³/mol. The lowest BCUT2D eigenvalue weighted by atomic mass is 9.70. The van der Waals surface area contributed by atoms with Crippen LogP contribution in [0.2, 0.25) is 0 Å². The van der Waals surface area contributed by atoms with Gasteiger partial charge in [-0.25, -0.2) is 0 Å². The molecule has 21 heavy (non-hydrogen) atoms. The van der Waals surface area contributed by atoms with Crippen molar-refractivity contribution < 1.29 is 17.9 Å². The number of nitrogens with zero attached hydrogens (tertiary/aromatic N) is 1. The van der Waals surface area contributed by atoms with Crippen LogP contribution in [0.3, 0.4) is 0 Å². The highest BCUT2D eigenvalue weighted by Gasteiger charge is 2.37. The van der Waals surface area contributed by atoms with Crippen LogP contribution in [0.25, 0.3) is 0 Å². The van der Waals surface area contributed by atoms with E-state index >= 15 is 0 Å². The number of halogens is 3. The van der Waals surface area contributed by atoms with Gasteiger partial charge in [-0.15, -0.1) is 0 Å². The Labute approximate surface area is 126 Å². The molecular formula is C15H29F3N2O. The second kappa shape index (κ2) is 8.34. The summed E-state index contributed by atoms with van der Waals surface area (Å²) in [6, 6.07) is 0. The number of ether oxygens (including phenoxy) is 1. The molecule has 0 heterocycles. The van der Waals surface area contributed by atoms with Crippen molar-refractivity contribution >= 4 is 0 Å². The van der Waals surface area contributed by atoms with E-state index in [0.29, 0.717) is 19.1 Å². The minimum absolute atomic E-state index is 0.0414. The largest absolute Gasteiger partial charge is 0.401 e. The van der Waals surface area contributed by atoms with Crippen molar-refractivity contribution in [1.29, 1.82) is 0 Å². The Morgan fingerprint density at radius 1 is 1.29 bits per heavy atom. The van der Waals surface area contributed by atoms with Crippen molar-refractivity contribution in [3.05, 3.63) is 0 Å². The van der Waals surface area contributed by atoms with Crippen molar-refractivity contribution in [2.45, 2.75) is 38.8 Å². The standard InChI is InChI=1S/C15H29F3N2O/c1-13-4-6-14(7-5-13,10-19-8-9-21-3)11-20(2)12-15(16,17)18/h13,19H,4-12H2,1-3H3. The quantitative estimate of drug-likeness (QED) is 0.698. The molecule has 1 saturated carbocycles. The van der Waals surface area contributed by atoms with Crippen LogP contribution in [0.15, 0.2) is 0 Å². The highest BCUT2D eigenvalue weighted by Crippen LogP contribution is 2.39. The maximum atomic E-state index is 12.5. The van der Waals surface area contributed by atoms with Gasteiger partial charge in [-0.1, -0.05) is 19.8 Å². The third kappa shape index (κ3) is 7.47. The van der Waals surface area contributed by atoms with E-state index in [1.807, 2.05) is 0 Å². The molecule has 1 aliphatic rings. The van der Waals surface area contributed by atoms with Gasteiger partial charge in [-0.05, 0) is 31.2 Å². The maximum Gasteiger partial charge on any atom is 0.401 e. The summed E-state index contributed by atoms with van der Waals surface area (Å²) in [5, 5.41) is 3.35. The molecule has 1 rings (SSSR count). The molecule has 126 valence electrons. The zero-order valence-corrected chi connectivity index (χ0v) is 13.4.